The molecule has 1 aliphatic rings. The molecule has 1 aromatic carbocycles. The van der Waals surface area contributed by atoms with Gasteiger partial charge in [-0.05, 0) is 25.0 Å². The van der Waals surface area contributed by atoms with Gasteiger partial charge in [0.1, 0.15) is 11.6 Å². The van der Waals surface area contributed by atoms with E-state index in [1.807, 2.05) is 0 Å². The third kappa shape index (κ3) is 2.14. The SMILES string of the molecule is O=C(c1ccc(O)cc1F)N1CCCCO1. The van der Waals surface area contributed by atoms with Crippen molar-refractivity contribution >= 4 is 5.91 Å². The summed E-state index contributed by atoms with van der Waals surface area (Å²) in [6.45, 7) is 0.949. The van der Waals surface area contributed by atoms with Gasteiger partial charge in [0.15, 0.2) is 0 Å². The molecule has 1 N–H and O–H groups in total. The molecule has 0 aliphatic carbocycles. The van der Waals surface area contributed by atoms with E-state index < -0.39 is 11.7 Å². The maximum atomic E-state index is 13.4. The van der Waals surface area contributed by atoms with Gasteiger partial charge in [0.05, 0.1) is 12.2 Å². The summed E-state index contributed by atoms with van der Waals surface area (Å²) in [5.41, 5.74) is -0.0836. The normalized spacial score (nSPS) is 16.2. The van der Waals surface area contributed by atoms with E-state index in [0.29, 0.717) is 13.2 Å². The molecule has 5 heteroatoms. The Morgan fingerprint density at radius 1 is 1.44 bits per heavy atom. The van der Waals surface area contributed by atoms with Crippen LogP contribution in [0.15, 0.2) is 18.2 Å². The van der Waals surface area contributed by atoms with Crippen LogP contribution >= 0.6 is 0 Å². The Hall–Kier alpha value is -1.62. The van der Waals surface area contributed by atoms with E-state index in [9.17, 15) is 9.18 Å². The van der Waals surface area contributed by atoms with Crippen LogP contribution in [0.25, 0.3) is 0 Å². The van der Waals surface area contributed by atoms with E-state index in [2.05, 4.69) is 0 Å². The fourth-order valence-electron chi connectivity index (χ4n) is 1.57. The van der Waals surface area contributed by atoms with Gasteiger partial charge in [0, 0.05) is 12.6 Å². The van der Waals surface area contributed by atoms with Gasteiger partial charge in [-0.1, -0.05) is 0 Å². The minimum Gasteiger partial charge on any atom is -0.508 e. The van der Waals surface area contributed by atoms with Crippen molar-refractivity contribution < 1.29 is 19.1 Å². The largest absolute Gasteiger partial charge is 0.508 e. The van der Waals surface area contributed by atoms with Gasteiger partial charge in [-0.15, -0.1) is 0 Å². The molecule has 1 heterocycles. The van der Waals surface area contributed by atoms with Gasteiger partial charge >= 0.3 is 0 Å². The molecule has 86 valence electrons. The standard InChI is InChI=1S/C11H12FNO3/c12-10-7-8(14)3-4-9(10)11(15)13-5-1-2-6-16-13/h3-4,7,14H,1-2,5-6H2. The summed E-state index contributed by atoms with van der Waals surface area (Å²) < 4.78 is 13.4. The molecule has 1 saturated heterocycles. The second-order valence-corrected chi connectivity index (χ2v) is 3.61. The predicted molar refractivity (Wildman–Crippen MR) is 54.3 cm³/mol. The zero-order chi connectivity index (χ0) is 11.5. The molecule has 1 aliphatic heterocycles. The van der Waals surface area contributed by atoms with Crippen molar-refractivity contribution in [3.8, 4) is 5.75 Å². The lowest BCUT2D eigenvalue weighted by Crippen LogP contribution is -2.36. The Bertz CT molecular complexity index is 402. The fraction of sp³-hybridized carbons (Fsp3) is 0.364. The molecule has 1 fully saturated rings. The number of halogens is 1. The summed E-state index contributed by atoms with van der Waals surface area (Å²) in [7, 11) is 0. The van der Waals surface area contributed by atoms with Crippen molar-refractivity contribution in [1.82, 2.24) is 5.06 Å². The number of hydrogen-bond acceptors (Lipinski definition) is 3. The van der Waals surface area contributed by atoms with Crippen LogP contribution < -0.4 is 0 Å². The first-order chi connectivity index (χ1) is 7.68. The Morgan fingerprint density at radius 3 is 2.88 bits per heavy atom. The highest BCUT2D eigenvalue weighted by Gasteiger charge is 2.22. The highest BCUT2D eigenvalue weighted by atomic mass is 19.1. The molecule has 0 saturated carbocycles. The van der Waals surface area contributed by atoms with Crippen LogP contribution in [0.1, 0.15) is 23.2 Å². The van der Waals surface area contributed by atoms with Crippen LogP contribution in [0.4, 0.5) is 4.39 Å². The van der Waals surface area contributed by atoms with Crippen molar-refractivity contribution in [1.29, 1.82) is 0 Å². The second-order valence-electron chi connectivity index (χ2n) is 3.61. The highest BCUT2D eigenvalue weighted by molar-refractivity contribution is 5.94. The Kier molecular flexibility index (Phi) is 3.05. The summed E-state index contributed by atoms with van der Waals surface area (Å²) in [4.78, 5) is 16.9. The van der Waals surface area contributed by atoms with E-state index in [-0.39, 0.29) is 11.3 Å². The quantitative estimate of drug-likeness (QED) is 0.791. The van der Waals surface area contributed by atoms with Crippen molar-refractivity contribution in [3.63, 3.8) is 0 Å². The first-order valence-corrected chi connectivity index (χ1v) is 5.12. The van der Waals surface area contributed by atoms with Crippen LogP contribution in [0.5, 0.6) is 5.75 Å². The van der Waals surface area contributed by atoms with E-state index in [0.717, 1.165) is 18.9 Å². The molecule has 0 bridgehead atoms. The van der Waals surface area contributed by atoms with Crippen LogP contribution in [0.3, 0.4) is 0 Å². The second kappa shape index (κ2) is 4.49. The number of aromatic hydroxyl groups is 1. The number of rotatable bonds is 1. The zero-order valence-corrected chi connectivity index (χ0v) is 8.65. The molecule has 0 unspecified atom stereocenters. The molecular formula is C11H12FNO3. The molecule has 0 radical (unpaired) electrons. The number of carbonyl (C=O) groups excluding carboxylic acids is 1. The van der Waals surface area contributed by atoms with Crippen LogP contribution in [-0.4, -0.2) is 29.2 Å². The third-order valence-electron chi connectivity index (χ3n) is 2.41. The molecule has 16 heavy (non-hydrogen) atoms. The number of hydroxylamine groups is 2. The lowest BCUT2D eigenvalue weighted by molar-refractivity contribution is -0.144. The molecule has 2 rings (SSSR count). The number of nitrogens with zero attached hydrogens (tertiary/aromatic N) is 1. The Labute approximate surface area is 92.2 Å². The molecule has 0 spiro atoms. The molecule has 1 amide bonds. The van der Waals surface area contributed by atoms with E-state index in [4.69, 9.17) is 9.94 Å². The van der Waals surface area contributed by atoms with E-state index in [1.165, 1.54) is 17.2 Å². The molecule has 0 aromatic heterocycles. The lowest BCUT2D eigenvalue weighted by atomic mass is 10.2. The van der Waals surface area contributed by atoms with E-state index >= 15 is 0 Å². The van der Waals surface area contributed by atoms with Gasteiger partial charge in [0.2, 0.25) is 0 Å². The minimum atomic E-state index is -0.737. The Balaban J connectivity index is 2.19. The lowest BCUT2D eigenvalue weighted by Gasteiger charge is -2.25. The summed E-state index contributed by atoms with van der Waals surface area (Å²) in [6.07, 6.45) is 1.76. The number of phenols is 1. The van der Waals surface area contributed by atoms with Gasteiger partial charge in [-0.2, -0.15) is 0 Å². The minimum absolute atomic E-state index is 0.0836. The average molecular weight is 225 g/mol. The van der Waals surface area contributed by atoms with E-state index in [1.54, 1.807) is 0 Å². The van der Waals surface area contributed by atoms with Crippen molar-refractivity contribution in [3.05, 3.63) is 29.6 Å². The number of hydrogen-bond donors (Lipinski definition) is 1. The maximum absolute atomic E-state index is 13.4. The summed E-state index contributed by atoms with van der Waals surface area (Å²) >= 11 is 0. The summed E-state index contributed by atoms with van der Waals surface area (Å²) in [5.74, 6) is -1.44. The van der Waals surface area contributed by atoms with Gasteiger partial charge < -0.3 is 5.11 Å². The van der Waals surface area contributed by atoms with Gasteiger partial charge in [-0.25, -0.2) is 9.45 Å². The molecule has 4 nitrogen and oxygen atoms in total. The van der Waals surface area contributed by atoms with Crippen molar-refractivity contribution in [2.45, 2.75) is 12.8 Å². The maximum Gasteiger partial charge on any atom is 0.280 e. The number of amides is 1. The summed E-state index contributed by atoms with van der Waals surface area (Å²) in [5, 5.41) is 10.2. The van der Waals surface area contributed by atoms with Gasteiger partial charge in [0.25, 0.3) is 5.91 Å². The topological polar surface area (TPSA) is 49.8 Å². The molecular weight excluding hydrogens is 213 g/mol. The van der Waals surface area contributed by atoms with Crippen molar-refractivity contribution in [2.75, 3.05) is 13.2 Å². The van der Waals surface area contributed by atoms with Gasteiger partial charge in [-0.3, -0.25) is 9.63 Å². The highest BCUT2D eigenvalue weighted by Crippen LogP contribution is 2.18. The fourth-order valence-corrected chi connectivity index (χ4v) is 1.57. The molecule has 1 aromatic rings. The number of phenolic OH excluding ortho intramolecular Hbond substituents is 1. The first kappa shape index (κ1) is 10.9. The van der Waals surface area contributed by atoms with Crippen molar-refractivity contribution in [2.24, 2.45) is 0 Å². The van der Waals surface area contributed by atoms with Crippen LogP contribution in [-0.2, 0) is 4.84 Å². The number of carbonyl (C=O) groups is 1. The Morgan fingerprint density at radius 2 is 2.25 bits per heavy atom. The average Bonchev–Trinajstić information content (AvgIpc) is 2.29. The van der Waals surface area contributed by atoms with Crippen LogP contribution in [0, 0.1) is 5.82 Å². The predicted octanol–water partition coefficient (Wildman–Crippen LogP) is 1.70. The molecule has 0 atom stereocenters. The summed E-state index contributed by atoms with van der Waals surface area (Å²) in [6, 6.07) is 3.45. The first-order valence-electron chi connectivity index (χ1n) is 5.12. The smallest absolute Gasteiger partial charge is 0.280 e. The third-order valence-corrected chi connectivity index (χ3v) is 2.41. The zero-order valence-electron chi connectivity index (χ0n) is 8.65. The monoisotopic (exact) mass is 225 g/mol. The van der Waals surface area contributed by atoms with Crippen LogP contribution in [0.2, 0.25) is 0 Å². The number of benzene rings is 1.